The van der Waals surface area contributed by atoms with E-state index in [4.69, 9.17) is 10.5 Å². The van der Waals surface area contributed by atoms with E-state index in [2.05, 4.69) is 0 Å². The molecule has 0 bridgehead atoms. The maximum atomic E-state index is 12.9. The molecule has 0 saturated carbocycles. The van der Waals surface area contributed by atoms with Gasteiger partial charge in [0.25, 0.3) is 0 Å². The highest BCUT2D eigenvalue weighted by atomic mass is 16.6. The molecule has 2 N–H and O–H groups in total. The van der Waals surface area contributed by atoms with Gasteiger partial charge in [0.1, 0.15) is 17.7 Å². The van der Waals surface area contributed by atoms with Crippen molar-refractivity contribution in [2.45, 2.75) is 56.7 Å². The normalized spacial score (nSPS) is 32.9. The maximum absolute atomic E-state index is 12.9. The molecule has 0 spiro atoms. The van der Waals surface area contributed by atoms with Crippen LogP contribution in [0.4, 0.5) is 4.79 Å². The third kappa shape index (κ3) is 2.06. The SMILES string of the molecule is C[C@H](C[C@@]12CCCN1C(=O)[C@H]1CCCN1C2=O)OC(N)=O. The van der Waals surface area contributed by atoms with E-state index < -0.39 is 17.7 Å². The van der Waals surface area contributed by atoms with E-state index in [1.165, 1.54) is 0 Å². The second kappa shape index (κ2) is 4.89. The van der Waals surface area contributed by atoms with Crippen molar-refractivity contribution in [1.29, 1.82) is 0 Å². The summed E-state index contributed by atoms with van der Waals surface area (Å²) in [6, 6.07) is -0.281. The van der Waals surface area contributed by atoms with Gasteiger partial charge in [0.2, 0.25) is 11.8 Å². The Morgan fingerprint density at radius 1 is 1.43 bits per heavy atom. The average molecular weight is 295 g/mol. The summed E-state index contributed by atoms with van der Waals surface area (Å²) in [7, 11) is 0. The van der Waals surface area contributed by atoms with Crippen LogP contribution in [0.1, 0.15) is 39.0 Å². The number of nitrogens with two attached hydrogens (primary N) is 1. The van der Waals surface area contributed by atoms with Crippen LogP contribution in [0.5, 0.6) is 0 Å². The summed E-state index contributed by atoms with van der Waals surface area (Å²) in [4.78, 5) is 39.9. The number of fused-ring (bicyclic) bond motifs is 2. The monoisotopic (exact) mass is 295 g/mol. The van der Waals surface area contributed by atoms with E-state index in [0.29, 0.717) is 25.9 Å². The number of primary amides is 1. The first-order chi connectivity index (χ1) is 9.95. The van der Waals surface area contributed by atoms with Gasteiger partial charge >= 0.3 is 6.09 Å². The number of carbonyl (C=O) groups is 3. The van der Waals surface area contributed by atoms with Crippen LogP contribution < -0.4 is 5.73 Å². The van der Waals surface area contributed by atoms with Crippen molar-refractivity contribution in [2.75, 3.05) is 13.1 Å². The Balaban J connectivity index is 1.88. The van der Waals surface area contributed by atoms with Crippen LogP contribution in [0, 0.1) is 0 Å². The number of ether oxygens (including phenoxy) is 1. The standard InChI is InChI=1S/C14H21N3O4/c1-9(21-13(15)20)8-14-5-3-7-17(14)11(18)10-4-2-6-16(10)12(14)19/h9-10H,2-8H2,1H3,(H2,15,20)/t9-,10-,14-/m1/s1. The highest BCUT2D eigenvalue weighted by Gasteiger charge is 2.59. The average Bonchev–Trinajstić information content (AvgIpc) is 3.02. The van der Waals surface area contributed by atoms with Gasteiger partial charge in [0.05, 0.1) is 0 Å². The van der Waals surface area contributed by atoms with Crippen LogP contribution in [0.15, 0.2) is 0 Å². The lowest BCUT2D eigenvalue weighted by atomic mass is 9.85. The molecule has 116 valence electrons. The van der Waals surface area contributed by atoms with Gasteiger partial charge < -0.3 is 20.3 Å². The molecule has 21 heavy (non-hydrogen) atoms. The van der Waals surface area contributed by atoms with E-state index in [1.54, 1.807) is 16.7 Å². The Morgan fingerprint density at radius 3 is 2.90 bits per heavy atom. The molecule has 3 fully saturated rings. The van der Waals surface area contributed by atoms with Crippen LogP contribution in [-0.2, 0) is 14.3 Å². The minimum absolute atomic E-state index is 0.0158. The number of hydrogen-bond donors (Lipinski definition) is 1. The van der Waals surface area contributed by atoms with Gasteiger partial charge in [0.15, 0.2) is 0 Å². The lowest BCUT2D eigenvalue weighted by Crippen LogP contribution is -2.68. The molecule has 7 nitrogen and oxygen atoms in total. The molecule has 0 aromatic heterocycles. The Hall–Kier alpha value is -1.79. The second-order valence-corrected chi connectivity index (χ2v) is 6.23. The van der Waals surface area contributed by atoms with E-state index in [-0.39, 0.29) is 17.9 Å². The predicted octanol–water partition coefficient (Wildman–Crippen LogP) is 0.226. The molecule has 3 atom stereocenters. The molecule has 0 aromatic rings. The van der Waals surface area contributed by atoms with E-state index in [1.807, 2.05) is 0 Å². The topological polar surface area (TPSA) is 92.9 Å². The zero-order chi connectivity index (χ0) is 15.2. The van der Waals surface area contributed by atoms with Crippen molar-refractivity contribution >= 4 is 17.9 Å². The molecule has 3 saturated heterocycles. The van der Waals surface area contributed by atoms with Gasteiger partial charge in [-0.25, -0.2) is 4.79 Å². The Kier molecular flexibility index (Phi) is 3.30. The molecular formula is C14H21N3O4. The van der Waals surface area contributed by atoms with Gasteiger partial charge in [0, 0.05) is 19.5 Å². The molecule has 0 radical (unpaired) electrons. The molecular weight excluding hydrogens is 274 g/mol. The molecule has 0 unspecified atom stereocenters. The van der Waals surface area contributed by atoms with Crippen molar-refractivity contribution in [3.8, 4) is 0 Å². The van der Waals surface area contributed by atoms with Crippen molar-refractivity contribution < 1.29 is 19.1 Å². The second-order valence-electron chi connectivity index (χ2n) is 6.23. The van der Waals surface area contributed by atoms with Crippen LogP contribution in [-0.4, -0.2) is 58.5 Å². The van der Waals surface area contributed by atoms with Crippen LogP contribution in [0.3, 0.4) is 0 Å². The summed E-state index contributed by atoms with van der Waals surface area (Å²) < 4.78 is 4.98. The number of hydrogen-bond acceptors (Lipinski definition) is 4. The number of carbonyl (C=O) groups excluding carboxylic acids is 3. The molecule has 7 heteroatoms. The molecule has 3 amide bonds. The Morgan fingerprint density at radius 2 is 2.19 bits per heavy atom. The minimum Gasteiger partial charge on any atom is -0.447 e. The first kappa shape index (κ1) is 14.2. The van der Waals surface area contributed by atoms with Gasteiger partial charge in [-0.3, -0.25) is 9.59 Å². The van der Waals surface area contributed by atoms with Crippen molar-refractivity contribution in [3.63, 3.8) is 0 Å². The number of nitrogens with zero attached hydrogens (tertiary/aromatic N) is 2. The quantitative estimate of drug-likeness (QED) is 0.806. The zero-order valence-corrected chi connectivity index (χ0v) is 12.2. The first-order valence-electron chi connectivity index (χ1n) is 7.54. The first-order valence-corrected chi connectivity index (χ1v) is 7.54. The van der Waals surface area contributed by atoms with Crippen molar-refractivity contribution in [2.24, 2.45) is 5.73 Å². The predicted molar refractivity (Wildman–Crippen MR) is 73.2 cm³/mol. The van der Waals surface area contributed by atoms with Crippen molar-refractivity contribution in [1.82, 2.24) is 9.80 Å². The molecule has 3 aliphatic rings. The van der Waals surface area contributed by atoms with Crippen molar-refractivity contribution in [3.05, 3.63) is 0 Å². The fraction of sp³-hybridized carbons (Fsp3) is 0.786. The minimum atomic E-state index is -0.850. The Bertz CT molecular complexity index is 495. The fourth-order valence-electron chi connectivity index (χ4n) is 4.15. The highest BCUT2D eigenvalue weighted by molar-refractivity contribution is 6.00. The smallest absolute Gasteiger partial charge is 0.404 e. The summed E-state index contributed by atoms with van der Waals surface area (Å²) in [5, 5.41) is 0. The number of rotatable bonds is 3. The molecule has 3 aliphatic heterocycles. The van der Waals surface area contributed by atoms with E-state index in [0.717, 1.165) is 19.3 Å². The van der Waals surface area contributed by atoms with Crippen LogP contribution >= 0.6 is 0 Å². The summed E-state index contributed by atoms with van der Waals surface area (Å²) in [5.74, 6) is 0.0675. The molecule has 0 aliphatic carbocycles. The number of piperazine rings is 1. The third-order valence-electron chi connectivity index (χ3n) is 4.89. The molecule has 3 rings (SSSR count). The van der Waals surface area contributed by atoms with Gasteiger partial charge in [-0.05, 0) is 32.6 Å². The lowest BCUT2D eigenvalue weighted by molar-refractivity contribution is -0.167. The fourth-order valence-corrected chi connectivity index (χ4v) is 4.15. The molecule has 3 heterocycles. The van der Waals surface area contributed by atoms with Crippen LogP contribution in [0.2, 0.25) is 0 Å². The summed E-state index contributed by atoms with van der Waals surface area (Å²) in [6.07, 6.45) is 2.05. The third-order valence-corrected chi connectivity index (χ3v) is 4.89. The Labute approximate surface area is 123 Å². The van der Waals surface area contributed by atoms with E-state index in [9.17, 15) is 14.4 Å². The van der Waals surface area contributed by atoms with Gasteiger partial charge in [-0.1, -0.05) is 0 Å². The van der Waals surface area contributed by atoms with Gasteiger partial charge in [-0.15, -0.1) is 0 Å². The van der Waals surface area contributed by atoms with Gasteiger partial charge in [-0.2, -0.15) is 0 Å². The van der Waals surface area contributed by atoms with E-state index >= 15 is 0 Å². The summed E-state index contributed by atoms with van der Waals surface area (Å²) in [5.41, 5.74) is 4.20. The highest BCUT2D eigenvalue weighted by Crippen LogP contribution is 2.42. The largest absolute Gasteiger partial charge is 0.447 e. The zero-order valence-electron chi connectivity index (χ0n) is 12.2. The van der Waals surface area contributed by atoms with Crippen LogP contribution in [0.25, 0.3) is 0 Å². The summed E-state index contributed by atoms with van der Waals surface area (Å²) in [6.45, 7) is 2.97. The number of amides is 3. The lowest BCUT2D eigenvalue weighted by Gasteiger charge is -2.47. The maximum Gasteiger partial charge on any atom is 0.404 e. The summed E-state index contributed by atoms with van der Waals surface area (Å²) >= 11 is 0. The molecule has 0 aromatic carbocycles.